The van der Waals surface area contributed by atoms with Gasteiger partial charge in [0.15, 0.2) is 5.78 Å². The van der Waals surface area contributed by atoms with Crippen molar-refractivity contribution < 1.29 is 4.79 Å². The van der Waals surface area contributed by atoms with Crippen LogP contribution in [0.15, 0.2) is 42.7 Å². The Balaban J connectivity index is 2.37. The van der Waals surface area contributed by atoms with Crippen LogP contribution in [0.5, 0.6) is 0 Å². The molecule has 0 saturated heterocycles. The maximum Gasteiger partial charge on any atom is 0.194 e. The third-order valence-electron chi connectivity index (χ3n) is 2.01. The molecular weight excluding hydrogens is 176 g/mol. The fraction of sp³-hybridized carbons (Fsp3) is 0. The summed E-state index contributed by atoms with van der Waals surface area (Å²) in [6.07, 6.45) is 3.39. The van der Waals surface area contributed by atoms with Gasteiger partial charge in [-0.2, -0.15) is 0 Å². The largest absolute Gasteiger partial charge is 0.399 e. The number of nitrogen functional groups attached to an aromatic ring is 1. The van der Waals surface area contributed by atoms with Gasteiger partial charge >= 0.3 is 0 Å². The van der Waals surface area contributed by atoms with E-state index in [1.807, 2.05) is 0 Å². The third-order valence-corrected chi connectivity index (χ3v) is 2.01. The van der Waals surface area contributed by atoms with Crippen LogP contribution in [0.1, 0.15) is 15.9 Å². The standard InChI is InChI=1S/C11H10N2O/c12-10-3-1-2-8(6-10)11(14)9-4-5-13-7-9/h1-7,13H,12H2. The molecule has 1 heterocycles. The summed E-state index contributed by atoms with van der Waals surface area (Å²) < 4.78 is 0. The van der Waals surface area contributed by atoms with Crippen molar-refractivity contribution in [2.75, 3.05) is 5.73 Å². The number of carbonyl (C=O) groups excluding carboxylic acids is 1. The van der Waals surface area contributed by atoms with Gasteiger partial charge < -0.3 is 10.7 Å². The highest BCUT2D eigenvalue weighted by atomic mass is 16.1. The van der Waals surface area contributed by atoms with Crippen molar-refractivity contribution in [2.24, 2.45) is 0 Å². The summed E-state index contributed by atoms with van der Waals surface area (Å²) in [6, 6.07) is 8.70. The van der Waals surface area contributed by atoms with E-state index in [-0.39, 0.29) is 5.78 Å². The van der Waals surface area contributed by atoms with E-state index in [1.54, 1.807) is 42.7 Å². The highest BCUT2D eigenvalue weighted by Crippen LogP contribution is 2.11. The lowest BCUT2D eigenvalue weighted by Gasteiger charge is -1.99. The van der Waals surface area contributed by atoms with Gasteiger partial charge in [0.05, 0.1) is 0 Å². The second-order valence-electron chi connectivity index (χ2n) is 3.05. The summed E-state index contributed by atoms with van der Waals surface area (Å²) in [5.74, 6) is -0.0152. The summed E-state index contributed by atoms with van der Waals surface area (Å²) in [6.45, 7) is 0. The van der Waals surface area contributed by atoms with Gasteiger partial charge in [0, 0.05) is 29.2 Å². The Morgan fingerprint density at radius 3 is 2.71 bits per heavy atom. The minimum Gasteiger partial charge on any atom is -0.399 e. The van der Waals surface area contributed by atoms with Crippen LogP contribution in [0.4, 0.5) is 5.69 Å². The molecule has 3 heteroatoms. The van der Waals surface area contributed by atoms with E-state index in [9.17, 15) is 4.79 Å². The first-order chi connectivity index (χ1) is 6.77. The van der Waals surface area contributed by atoms with Crippen LogP contribution >= 0.6 is 0 Å². The van der Waals surface area contributed by atoms with Gasteiger partial charge in [-0.25, -0.2) is 0 Å². The van der Waals surface area contributed by atoms with Crippen molar-refractivity contribution in [2.45, 2.75) is 0 Å². The zero-order valence-corrected chi connectivity index (χ0v) is 7.53. The number of hydrogen-bond donors (Lipinski definition) is 2. The molecule has 0 atom stereocenters. The molecule has 1 aromatic carbocycles. The number of nitrogens with one attached hydrogen (secondary N) is 1. The first kappa shape index (κ1) is 8.56. The Bertz CT molecular complexity index is 446. The Morgan fingerprint density at radius 1 is 1.21 bits per heavy atom. The number of rotatable bonds is 2. The monoisotopic (exact) mass is 186 g/mol. The van der Waals surface area contributed by atoms with Gasteiger partial charge in [-0.1, -0.05) is 12.1 Å². The van der Waals surface area contributed by atoms with Crippen molar-refractivity contribution in [1.29, 1.82) is 0 Å². The lowest BCUT2D eigenvalue weighted by atomic mass is 10.1. The van der Waals surface area contributed by atoms with Crippen molar-refractivity contribution >= 4 is 11.5 Å². The zero-order chi connectivity index (χ0) is 9.97. The Hall–Kier alpha value is -2.03. The number of benzene rings is 1. The fourth-order valence-electron chi connectivity index (χ4n) is 1.31. The smallest absolute Gasteiger partial charge is 0.194 e. The Labute approximate surface area is 81.6 Å². The number of aromatic amines is 1. The molecule has 14 heavy (non-hydrogen) atoms. The Morgan fingerprint density at radius 2 is 2.07 bits per heavy atom. The average Bonchev–Trinajstić information content (AvgIpc) is 2.69. The van der Waals surface area contributed by atoms with Gasteiger partial charge in [0.1, 0.15) is 0 Å². The molecule has 0 spiro atoms. The second kappa shape index (κ2) is 3.38. The molecule has 2 rings (SSSR count). The molecule has 0 amide bonds. The number of H-pyrrole nitrogens is 1. The van der Waals surface area contributed by atoms with E-state index in [4.69, 9.17) is 5.73 Å². The van der Waals surface area contributed by atoms with Crippen LogP contribution < -0.4 is 5.73 Å². The zero-order valence-electron chi connectivity index (χ0n) is 7.53. The number of anilines is 1. The number of aromatic nitrogens is 1. The van der Waals surface area contributed by atoms with E-state index in [1.165, 1.54) is 0 Å². The van der Waals surface area contributed by atoms with Gasteiger partial charge in [-0.3, -0.25) is 4.79 Å². The predicted molar refractivity (Wildman–Crippen MR) is 55.1 cm³/mol. The van der Waals surface area contributed by atoms with Crippen molar-refractivity contribution in [3.05, 3.63) is 53.9 Å². The molecule has 70 valence electrons. The van der Waals surface area contributed by atoms with Crippen molar-refractivity contribution in [1.82, 2.24) is 4.98 Å². The maximum atomic E-state index is 11.8. The first-order valence-electron chi connectivity index (χ1n) is 4.30. The van der Waals surface area contributed by atoms with Gasteiger partial charge in [-0.15, -0.1) is 0 Å². The van der Waals surface area contributed by atoms with Crippen LogP contribution in [-0.4, -0.2) is 10.8 Å². The minimum atomic E-state index is -0.0152. The molecule has 1 aromatic heterocycles. The molecule has 0 aliphatic carbocycles. The van der Waals surface area contributed by atoms with Crippen molar-refractivity contribution in [3.8, 4) is 0 Å². The normalized spacial score (nSPS) is 10.0. The third kappa shape index (κ3) is 1.52. The van der Waals surface area contributed by atoms with Gasteiger partial charge in [0.25, 0.3) is 0 Å². The second-order valence-corrected chi connectivity index (χ2v) is 3.05. The number of ketones is 1. The summed E-state index contributed by atoms with van der Waals surface area (Å²) in [7, 11) is 0. The van der Waals surface area contributed by atoms with Gasteiger partial charge in [-0.05, 0) is 18.2 Å². The van der Waals surface area contributed by atoms with E-state index in [0.717, 1.165) is 0 Å². The van der Waals surface area contributed by atoms with Crippen LogP contribution in [0.2, 0.25) is 0 Å². The predicted octanol–water partition coefficient (Wildman–Crippen LogP) is 1.83. The van der Waals surface area contributed by atoms with E-state index in [0.29, 0.717) is 16.8 Å². The molecule has 0 aliphatic heterocycles. The molecule has 0 aliphatic rings. The highest BCUT2D eigenvalue weighted by molar-refractivity contribution is 6.09. The van der Waals surface area contributed by atoms with E-state index >= 15 is 0 Å². The number of carbonyl (C=O) groups is 1. The number of nitrogens with two attached hydrogens (primary N) is 1. The number of hydrogen-bond acceptors (Lipinski definition) is 2. The summed E-state index contributed by atoms with van der Waals surface area (Å²) >= 11 is 0. The summed E-state index contributed by atoms with van der Waals surface area (Å²) in [5, 5.41) is 0. The summed E-state index contributed by atoms with van der Waals surface area (Å²) in [5.41, 5.74) is 7.46. The fourth-order valence-corrected chi connectivity index (χ4v) is 1.31. The lowest BCUT2D eigenvalue weighted by Crippen LogP contribution is -2.00. The molecule has 0 fully saturated rings. The Kier molecular flexibility index (Phi) is 2.07. The van der Waals surface area contributed by atoms with Crippen molar-refractivity contribution in [3.63, 3.8) is 0 Å². The first-order valence-corrected chi connectivity index (χ1v) is 4.30. The molecule has 0 radical (unpaired) electrons. The van der Waals surface area contributed by atoms with Crippen LogP contribution in [0, 0.1) is 0 Å². The van der Waals surface area contributed by atoms with Gasteiger partial charge in [0.2, 0.25) is 0 Å². The van der Waals surface area contributed by atoms with Crippen LogP contribution in [-0.2, 0) is 0 Å². The molecule has 3 N–H and O–H groups in total. The lowest BCUT2D eigenvalue weighted by molar-refractivity contribution is 0.103. The molecule has 0 unspecified atom stereocenters. The molecule has 3 nitrogen and oxygen atoms in total. The quantitative estimate of drug-likeness (QED) is 0.555. The van der Waals surface area contributed by atoms with Crippen LogP contribution in [0.25, 0.3) is 0 Å². The molecule has 0 bridgehead atoms. The SMILES string of the molecule is Nc1cccc(C(=O)c2cc[nH]c2)c1. The molecule has 0 saturated carbocycles. The van der Waals surface area contributed by atoms with E-state index in [2.05, 4.69) is 4.98 Å². The topological polar surface area (TPSA) is 58.9 Å². The van der Waals surface area contributed by atoms with Crippen LogP contribution in [0.3, 0.4) is 0 Å². The molecular formula is C11H10N2O. The minimum absolute atomic E-state index is 0.0152. The summed E-state index contributed by atoms with van der Waals surface area (Å²) in [4.78, 5) is 14.6. The average molecular weight is 186 g/mol. The maximum absolute atomic E-state index is 11.8. The highest BCUT2D eigenvalue weighted by Gasteiger charge is 2.08. The van der Waals surface area contributed by atoms with E-state index < -0.39 is 0 Å². The molecule has 2 aromatic rings.